The summed E-state index contributed by atoms with van der Waals surface area (Å²) in [6, 6.07) is 70.8. The summed E-state index contributed by atoms with van der Waals surface area (Å²) in [5, 5.41) is 9.17. The standard InChI is InChI=1S/C57H33N5OS/c1-2-13-37(14-3-1)61-46-20-8-6-17-40(46)44-31-34(26-29-49(44)61)35-27-30-50-45(32-35)54-43(19-12-23-51(54)63-50)56-58-55(36-25-28-42-41-18-7-11-24-52(41)64-53(42)33-36)59-57(60-56)62-47-21-9-4-15-38(47)39-16-5-10-22-48(39)62/h1-33H. The van der Waals surface area contributed by atoms with Gasteiger partial charge in [-0.2, -0.15) is 9.97 Å². The van der Waals surface area contributed by atoms with Crippen LogP contribution in [-0.2, 0) is 0 Å². The third-order valence-electron chi connectivity index (χ3n) is 12.8. The minimum Gasteiger partial charge on any atom is -0.456 e. The van der Waals surface area contributed by atoms with Crippen molar-refractivity contribution in [2.75, 3.05) is 0 Å². The Labute approximate surface area is 369 Å². The molecule has 0 N–H and O–H groups in total. The van der Waals surface area contributed by atoms with Gasteiger partial charge in [0.1, 0.15) is 11.2 Å². The van der Waals surface area contributed by atoms with Crippen molar-refractivity contribution in [3.8, 4) is 45.5 Å². The van der Waals surface area contributed by atoms with Crippen LogP contribution in [0.4, 0.5) is 0 Å². The molecule has 0 bridgehead atoms. The maximum Gasteiger partial charge on any atom is 0.238 e. The van der Waals surface area contributed by atoms with Gasteiger partial charge < -0.3 is 8.98 Å². The normalized spacial score (nSPS) is 12.1. The Morgan fingerprint density at radius 1 is 0.359 bits per heavy atom. The van der Waals surface area contributed by atoms with Gasteiger partial charge in [0.2, 0.25) is 5.95 Å². The average Bonchev–Trinajstić information content (AvgIpc) is 4.11. The van der Waals surface area contributed by atoms with Gasteiger partial charge in [-0.15, -0.1) is 11.3 Å². The number of hydrogen-bond acceptors (Lipinski definition) is 5. The van der Waals surface area contributed by atoms with Crippen molar-refractivity contribution in [2.45, 2.75) is 0 Å². The molecule has 14 rings (SSSR count). The van der Waals surface area contributed by atoms with Crippen molar-refractivity contribution < 1.29 is 4.42 Å². The van der Waals surface area contributed by atoms with Crippen molar-refractivity contribution >= 4 is 97.1 Å². The van der Waals surface area contributed by atoms with Crippen LogP contribution in [0.15, 0.2) is 205 Å². The lowest BCUT2D eigenvalue weighted by atomic mass is 9.99. The molecule has 5 aromatic heterocycles. The number of para-hydroxylation sites is 4. The van der Waals surface area contributed by atoms with Gasteiger partial charge in [0.05, 0.1) is 22.1 Å². The van der Waals surface area contributed by atoms with Crippen LogP contribution < -0.4 is 0 Å². The number of benzene rings is 9. The number of hydrogen-bond donors (Lipinski definition) is 0. The average molecular weight is 836 g/mol. The SMILES string of the molecule is c1ccc(-n2c3ccccc3c3cc(-c4ccc5oc6cccc(-c7nc(-c8ccc9c(c8)sc8ccccc89)nc(-n8c9ccccc9c9ccccc98)n7)c6c5c4)ccc32)cc1. The maximum absolute atomic E-state index is 6.62. The van der Waals surface area contributed by atoms with Gasteiger partial charge in [-0.25, -0.2) is 4.98 Å². The number of thiophene rings is 1. The van der Waals surface area contributed by atoms with Gasteiger partial charge in [0.25, 0.3) is 0 Å². The highest BCUT2D eigenvalue weighted by Gasteiger charge is 2.22. The molecule has 64 heavy (non-hydrogen) atoms. The fraction of sp³-hybridized carbons (Fsp3) is 0. The predicted octanol–water partition coefficient (Wildman–Crippen LogP) is 15.3. The first-order valence-corrected chi connectivity index (χ1v) is 22.2. The lowest BCUT2D eigenvalue weighted by Crippen LogP contribution is -2.06. The fourth-order valence-electron chi connectivity index (χ4n) is 9.92. The molecule has 5 heterocycles. The lowest BCUT2D eigenvalue weighted by molar-refractivity contribution is 0.669. The molecule has 0 fully saturated rings. The van der Waals surface area contributed by atoms with Gasteiger partial charge >= 0.3 is 0 Å². The second-order valence-corrected chi connectivity index (χ2v) is 17.5. The molecule has 0 atom stereocenters. The molecule has 7 heteroatoms. The lowest BCUT2D eigenvalue weighted by Gasteiger charge is -2.11. The zero-order valence-corrected chi connectivity index (χ0v) is 34.9. The van der Waals surface area contributed by atoms with Crippen LogP contribution in [0.2, 0.25) is 0 Å². The molecule has 0 unspecified atom stereocenters. The third kappa shape index (κ3) is 5.22. The van der Waals surface area contributed by atoms with Crippen LogP contribution in [0, 0.1) is 0 Å². The maximum atomic E-state index is 6.62. The Morgan fingerprint density at radius 3 is 1.73 bits per heavy atom. The molecule has 9 aromatic carbocycles. The molecule has 14 aromatic rings. The predicted molar refractivity (Wildman–Crippen MR) is 265 cm³/mol. The van der Waals surface area contributed by atoms with E-state index in [4.69, 9.17) is 19.4 Å². The molecule has 0 saturated carbocycles. The van der Waals surface area contributed by atoms with E-state index in [1.807, 2.05) is 12.1 Å². The summed E-state index contributed by atoms with van der Waals surface area (Å²) in [6.07, 6.45) is 0. The number of rotatable bonds is 5. The van der Waals surface area contributed by atoms with E-state index in [1.165, 1.54) is 42.0 Å². The number of fused-ring (bicyclic) bond motifs is 12. The van der Waals surface area contributed by atoms with Gasteiger partial charge in [0, 0.05) is 69.3 Å². The second-order valence-electron chi connectivity index (χ2n) is 16.4. The van der Waals surface area contributed by atoms with E-state index in [0.29, 0.717) is 17.6 Å². The highest BCUT2D eigenvalue weighted by molar-refractivity contribution is 7.25. The fourth-order valence-corrected chi connectivity index (χ4v) is 11.1. The summed E-state index contributed by atoms with van der Waals surface area (Å²) in [5.41, 5.74) is 11.2. The first-order valence-electron chi connectivity index (χ1n) is 21.4. The van der Waals surface area contributed by atoms with Crippen LogP contribution in [0.3, 0.4) is 0 Å². The van der Waals surface area contributed by atoms with Crippen molar-refractivity contribution in [1.29, 1.82) is 0 Å². The summed E-state index contributed by atoms with van der Waals surface area (Å²) in [5.74, 6) is 1.74. The summed E-state index contributed by atoms with van der Waals surface area (Å²) >= 11 is 1.79. The van der Waals surface area contributed by atoms with Gasteiger partial charge in [-0.1, -0.05) is 127 Å². The van der Waals surface area contributed by atoms with Crippen molar-refractivity contribution in [2.24, 2.45) is 0 Å². The Hall–Kier alpha value is -8.39. The van der Waals surface area contributed by atoms with E-state index in [-0.39, 0.29) is 0 Å². The molecule has 0 aliphatic heterocycles. The zero-order valence-electron chi connectivity index (χ0n) is 34.1. The highest BCUT2D eigenvalue weighted by atomic mass is 32.1. The van der Waals surface area contributed by atoms with E-state index in [0.717, 1.165) is 71.7 Å². The molecule has 6 nitrogen and oxygen atoms in total. The van der Waals surface area contributed by atoms with Crippen LogP contribution in [-0.4, -0.2) is 24.1 Å². The summed E-state index contributed by atoms with van der Waals surface area (Å²) in [7, 11) is 0. The van der Waals surface area contributed by atoms with Crippen molar-refractivity contribution in [3.63, 3.8) is 0 Å². The summed E-state index contributed by atoms with van der Waals surface area (Å²) < 4.78 is 13.6. The number of furan rings is 1. The highest BCUT2D eigenvalue weighted by Crippen LogP contribution is 2.42. The Kier molecular flexibility index (Phi) is 7.46. The zero-order chi connectivity index (χ0) is 41.9. The molecule has 0 aliphatic carbocycles. The summed E-state index contributed by atoms with van der Waals surface area (Å²) in [4.78, 5) is 16.0. The van der Waals surface area contributed by atoms with Gasteiger partial charge in [-0.05, 0) is 83.9 Å². The molecule has 0 aliphatic rings. The van der Waals surface area contributed by atoms with Crippen molar-refractivity contribution in [1.82, 2.24) is 24.1 Å². The molecular formula is C57H33N5OS. The number of nitrogens with zero attached hydrogens (tertiary/aromatic N) is 5. The molecule has 298 valence electrons. The Balaban J connectivity index is 0.985. The quantitative estimate of drug-likeness (QED) is 0.173. The van der Waals surface area contributed by atoms with Crippen LogP contribution in [0.5, 0.6) is 0 Å². The first kappa shape index (κ1) is 35.2. The first-order chi connectivity index (χ1) is 31.7. The van der Waals surface area contributed by atoms with Gasteiger partial charge in [0.15, 0.2) is 11.6 Å². The molecule has 0 amide bonds. The largest absolute Gasteiger partial charge is 0.456 e. The van der Waals surface area contributed by atoms with E-state index < -0.39 is 0 Å². The minimum absolute atomic E-state index is 0.558. The molecule has 0 saturated heterocycles. The van der Waals surface area contributed by atoms with E-state index >= 15 is 0 Å². The number of aromatic nitrogens is 5. The molecule has 0 radical (unpaired) electrons. The van der Waals surface area contributed by atoms with E-state index in [2.05, 4.69) is 197 Å². The summed E-state index contributed by atoms with van der Waals surface area (Å²) in [6.45, 7) is 0. The Morgan fingerprint density at radius 2 is 0.953 bits per heavy atom. The smallest absolute Gasteiger partial charge is 0.238 e. The van der Waals surface area contributed by atoms with Crippen LogP contribution in [0.1, 0.15) is 0 Å². The van der Waals surface area contributed by atoms with Gasteiger partial charge in [-0.3, -0.25) is 4.57 Å². The minimum atomic E-state index is 0.558. The third-order valence-corrected chi connectivity index (χ3v) is 13.9. The second kappa shape index (κ2) is 13.6. The van der Waals surface area contributed by atoms with Crippen molar-refractivity contribution in [3.05, 3.63) is 200 Å². The molecule has 0 spiro atoms. The Bertz CT molecular complexity index is 4160. The van der Waals surface area contributed by atoms with Crippen LogP contribution >= 0.6 is 11.3 Å². The van der Waals surface area contributed by atoms with E-state index in [9.17, 15) is 0 Å². The molecular weight excluding hydrogens is 803 g/mol. The van der Waals surface area contributed by atoms with E-state index in [1.54, 1.807) is 11.3 Å². The topological polar surface area (TPSA) is 61.7 Å². The monoisotopic (exact) mass is 835 g/mol. The van der Waals surface area contributed by atoms with Crippen LogP contribution in [0.25, 0.3) is 131 Å².